The highest BCUT2D eigenvalue weighted by Gasteiger charge is 2.64. The Hall–Kier alpha value is -2.31. The van der Waals surface area contributed by atoms with Gasteiger partial charge >= 0.3 is 0 Å². The van der Waals surface area contributed by atoms with Gasteiger partial charge in [0.15, 0.2) is 0 Å². The maximum Gasteiger partial charge on any atom is 0.212 e. The predicted octanol–water partition coefficient (Wildman–Crippen LogP) is 2.90. The molecular formula is C21H21N2O+. The molecule has 3 aliphatic rings. The van der Waals surface area contributed by atoms with Crippen LogP contribution in [-0.2, 0) is 5.54 Å². The highest BCUT2D eigenvalue weighted by atomic mass is 16.5. The first-order valence-corrected chi connectivity index (χ1v) is 8.92. The standard InChI is InChI=1S/C21H20N2O/c22-13-21(14-7-2-1-3-8-14)16-10-6-12-18-19(16)20(23-21)15-9-4-5-11-17(15)24-18/h1-5,7-9,11,16,18-20,23H,6,10,12H2/p+1/t16-,18+,19+,20-,21-/m0/s1. The summed E-state index contributed by atoms with van der Waals surface area (Å²) in [5.41, 5.74) is 1.92. The van der Waals surface area contributed by atoms with Gasteiger partial charge in [-0.1, -0.05) is 42.5 Å². The molecule has 3 nitrogen and oxygen atoms in total. The molecule has 24 heavy (non-hydrogen) atoms. The number of nitriles is 1. The molecule has 1 saturated carbocycles. The summed E-state index contributed by atoms with van der Waals surface area (Å²) in [4.78, 5) is 0. The number of fused-ring (bicyclic) bond motifs is 2. The number of quaternary nitrogens is 1. The molecule has 0 bridgehead atoms. The lowest BCUT2D eigenvalue weighted by Gasteiger charge is -2.39. The van der Waals surface area contributed by atoms with Crippen molar-refractivity contribution in [3.8, 4) is 11.8 Å². The van der Waals surface area contributed by atoms with Crippen LogP contribution in [0.15, 0.2) is 54.6 Å². The summed E-state index contributed by atoms with van der Waals surface area (Å²) in [5, 5.41) is 12.6. The Kier molecular flexibility index (Phi) is 2.98. The Balaban J connectivity index is 1.68. The van der Waals surface area contributed by atoms with E-state index in [4.69, 9.17) is 4.74 Å². The summed E-state index contributed by atoms with van der Waals surface area (Å²) >= 11 is 0. The second-order valence-corrected chi connectivity index (χ2v) is 7.35. The third-order valence-electron chi connectivity index (χ3n) is 6.33. The van der Waals surface area contributed by atoms with Crippen LogP contribution < -0.4 is 10.1 Å². The molecule has 0 radical (unpaired) electrons. The van der Waals surface area contributed by atoms with E-state index in [0.717, 1.165) is 30.6 Å². The molecule has 2 fully saturated rings. The van der Waals surface area contributed by atoms with E-state index >= 15 is 0 Å². The number of benzene rings is 2. The lowest BCUT2D eigenvalue weighted by molar-refractivity contribution is -0.744. The van der Waals surface area contributed by atoms with Crippen molar-refractivity contribution in [2.75, 3.05) is 0 Å². The van der Waals surface area contributed by atoms with E-state index in [-0.39, 0.29) is 6.10 Å². The number of hydrogen-bond donors (Lipinski definition) is 1. The SMILES string of the molecule is N#C[C@@]1(c2ccccc2)[NH2+][C@H]2c3ccccc3O[C@@H]3CCC[C@H]1[C@H]32. The Morgan fingerprint density at radius 1 is 1.04 bits per heavy atom. The van der Waals surface area contributed by atoms with E-state index in [0.29, 0.717) is 17.9 Å². The number of ether oxygens (including phenoxy) is 1. The van der Waals surface area contributed by atoms with E-state index < -0.39 is 5.54 Å². The summed E-state index contributed by atoms with van der Waals surface area (Å²) in [5.74, 6) is 1.79. The minimum Gasteiger partial charge on any atom is -0.489 e. The van der Waals surface area contributed by atoms with Crippen molar-refractivity contribution in [2.24, 2.45) is 11.8 Å². The maximum absolute atomic E-state index is 10.3. The van der Waals surface area contributed by atoms with E-state index in [9.17, 15) is 5.26 Å². The van der Waals surface area contributed by atoms with Crippen LogP contribution in [0.3, 0.4) is 0 Å². The molecule has 5 rings (SSSR count). The van der Waals surface area contributed by atoms with Crippen molar-refractivity contribution >= 4 is 0 Å². The average molecular weight is 317 g/mol. The number of nitrogens with zero attached hydrogens (tertiary/aromatic N) is 1. The normalized spacial score (nSPS) is 36.1. The second kappa shape index (κ2) is 5.09. The molecule has 120 valence electrons. The van der Waals surface area contributed by atoms with Crippen LogP contribution in [0, 0.1) is 23.2 Å². The molecule has 2 N–H and O–H groups in total. The zero-order valence-corrected chi connectivity index (χ0v) is 13.6. The zero-order chi connectivity index (χ0) is 16.1. The van der Waals surface area contributed by atoms with Crippen molar-refractivity contribution in [2.45, 2.75) is 36.9 Å². The topological polar surface area (TPSA) is 49.6 Å². The summed E-state index contributed by atoms with van der Waals surface area (Å²) in [7, 11) is 0. The van der Waals surface area contributed by atoms with Gasteiger partial charge in [0, 0.05) is 11.5 Å². The fraction of sp³-hybridized carbons (Fsp3) is 0.381. The molecule has 1 saturated heterocycles. The Morgan fingerprint density at radius 3 is 2.67 bits per heavy atom. The second-order valence-electron chi connectivity index (χ2n) is 7.35. The van der Waals surface area contributed by atoms with Crippen molar-refractivity contribution in [3.63, 3.8) is 0 Å². The molecule has 2 heterocycles. The number of para-hydroxylation sites is 1. The summed E-state index contributed by atoms with van der Waals surface area (Å²) in [6, 6.07) is 21.8. The third kappa shape index (κ3) is 1.75. The van der Waals surface area contributed by atoms with E-state index in [1.54, 1.807) is 0 Å². The first kappa shape index (κ1) is 14.1. The molecule has 2 aromatic carbocycles. The molecule has 2 aliphatic heterocycles. The van der Waals surface area contributed by atoms with Crippen LogP contribution in [0.1, 0.15) is 36.4 Å². The van der Waals surface area contributed by atoms with Gasteiger partial charge in [-0.25, -0.2) is 0 Å². The zero-order valence-electron chi connectivity index (χ0n) is 13.6. The van der Waals surface area contributed by atoms with Crippen LogP contribution >= 0.6 is 0 Å². The highest BCUT2D eigenvalue weighted by molar-refractivity contribution is 5.41. The molecule has 1 aliphatic carbocycles. The fourth-order valence-corrected chi connectivity index (χ4v) is 5.38. The van der Waals surface area contributed by atoms with Crippen molar-refractivity contribution in [1.29, 1.82) is 5.26 Å². The van der Waals surface area contributed by atoms with Gasteiger partial charge in [-0.05, 0) is 31.4 Å². The summed E-state index contributed by atoms with van der Waals surface area (Å²) < 4.78 is 6.36. The first-order valence-electron chi connectivity index (χ1n) is 8.92. The largest absolute Gasteiger partial charge is 0.489 e. The van der Waals surface area contributed by atoms with Gasteiger partial charge in [-0.15, -0.1) is 0 Å². The Morgan fingerprint density at radius 2 is 1.83 bits per heavy atom. The van der Waals surface area contributed by atoms with Crippen LogP contribution in [0.4, 0.5) is 0 Å². The smallest absolute Gasteiger partial charge is 0.212 e. The maximum atomic E-state index is 10.3. The van der Waals surface area contributed by atoms with Gasteiger partial charge in [-0.3, -0.25) is 0 Å². The van der Waals surface area contributed by atoms with E-state index in [1.165, 1.54) is 5.56 Å². The van der Waals surface area contributed by atoms with E-state index in [1.807, 2.05) is 12.1 Å². The van der Waals surface area contributed by atoms with Crippen molar-refractivity contribution in [3.05, 3.63) is 65.7 Å². The molecule has 0 amide bonds. The number of nitrogens with two attached hydrogens (primary N) is 1. The number of rotatable bonds is 1. The predicted molar refractivity (Wildman–Crippen MR) is 90.1 cm³/mol. The minimum atomic E-state index is -0.490. The van der Waals surface area contributed by atoms with Gasteiger partial charge in [0.25, 0.3) is 0 Å². The van der Waals surface area contributed by atoms with Crippen LogP contribution in [0.5, 0.6) is 5.75 Å². The van der Waals surface area contributed by atoms with Gasteiger partial charge in [0.05, 0.1) is 11.5 Å². The molecule has 2 aromatic rings. The van der Waals surface area contributed by atoms with E-state index in [2.05, 4.69) is 53.9 Å². The highest BCUT2D eigenvalue weighted by Crippen LogP contribution is 2.53. The van der Waals surface area contributed by atoms with Gasteiger partial charge < -0.3 is 10.1 Å². The van der Waals surface area contributed by atoms with Gasteiger partial charge in [-0.2, -0.15) is 5.26 Å². The molecule has 3 heteroatoms. The first-order chi connectivity index (χ1) is 11.8. The van der Waals surface area contributed by atoms with Crippen LogP contribution in [-0.4, -0.2) is 6.10 Å². The third-order valence-corrected chi connectivity index (χ3v) is 6.33. The quantitative estimate of drug-likeness (QED) is 0.879. The lowest BCUT2D eigenvalue weighted by atomic mass is 9.66. The molecule has 5 atom stereocenters. The lowest BCUT2D eigenvalue weighted by Crippen LogP contribution is -2.93. The van der Waals surface area contributed by atoms with Crippen LogP contribution in [0.25, 0.3) is 0 Å². The average Bonchev–Trinajstić information content (AvgIpc) is 3.00. The van der Waals surface area contributed by atoms with Gasteiger partial charge in [0.2, 0.25) is 5.54 Å². The van der Waals surface area contributed by atoms with Crippen molar-refractivity contribution in [1.82, 2.24) is 0 Å². The minimum absolute atomic E-state index is 0.249. The molecular weight excluding hydrogens is 296 g/mol. The Bertz CT molecular complexity index is 812. The van der Waals surface area contributed by atoms with Gasteiger partial charge in [0.1, 0.15) is 24.0 Å². The van der Waals surface area contributed by atoms with Crippen LogP contribution in [0.2, 0.25) is 0 Å². The van der Waals surface area contributed by atoms with Crippen molar-refractivity contribution < 1.29 is 10.1 Å². The number of hydrogen-bond acceptors (Lipinski definition) is 2. The Labute approximate surface area is 142 Å². The molecule has 0 aromatic heterocycles. The molecule has 0 unspecified atom stereocenters. The summed E-state index contributed by atoms with van der Waals surface area (Å²) in [6.07, 6.45) is 3.61. The fourth-order valence-electron chi connectivity index (χ4n) is 5.38. The summed E-state index contributed by atoms with van der Waals surface area (Å²) in [6.45, 7) is 0. The monoisotopic (exact) mass is 317 g/mol. The molecule has 0 spiro atoms.